The minimum absolute atomic E-state index is 0.0174. The van der Waals surface area contributed by atoms with E-state index in [2.05, 4.69) is 21.2 Å². The molecule has 10 nitrogen and oxygen atoms in total. The van der Waals surface area contributed by atoms with Gasteiger partial charge in [0.05, 0.1) is 11.9 Å². The molecule has 12 heteroatoms. The Balaban J connectivity index is 1.28. The number of benzene rings is 1. The smallest absolute Gasteiger partial charge is 0.410 e. The van der Waals surface area contributed by atoms with E-state index in [0.717, 1.165) is 68.9 Å². The average molecular weight is 684 g/mol. The van der Waals surface area contributed by atoms with Crippen LogP contribution in [0, 0.1) is 5.92 Å². The van der Waals surface area contributed by atoms with Crippen LogP contribution in [0.15, 0.2) is 48.7 Å². The number of carbonyl (C=O) groups is 2. The van der Waals surface area contributed by atoms with Crippen LogP contribution in [0.5, 0.6) is 11.6 Å². The van der Waals surface area contributed by atoms with Crippen molar-refractivity contribution in [3.63, 3.8) is 0 Å². The summed E-state index contributed by atoms with van der Waals surface area (Å²) in [7, 11) is 0. The van der Waals surface area contributed by atoms with Gasteiger partial charge in [-0.15, -0.1) is 0 Å². The van der Waals surface area contributed by atoms with Crippen LogP contribution in [0.2, 0.25) is 10.0 Å². The molecule has 2 aromatic heterocycles. The van der Waals surface area contributed by atoms with Gasteiger partial charge in [0, 0.05) is 67.9 Å². The van der Waals surface area contributed by atoms with Crippen molar-refractivity contribution in [3.8, 4) is 22.9 Å². The maximum atomic E-state index is 12.6. The highest BCUT2D eigenvalue weighted by Gasteiger charge is 2.25. The number of nitrogens with one attached hydrogen (secondary N) is 1. The van der Waals surface area contributed by atoms with Gasteiger partial charge in [-0.05, 0) is 101 Å². The number of hydrogen-bond donors (Lipinski definition) is 1. The van der Waals surface area contributed by atoms with Crippen LogP contribution < -0.4 is 15.0 Å². The Bertz CT molecular complexity index is 1520. The van der Waals surface area contributed by atoms with Gasteiger partial charge < -0.3 is 24.6 Å². The van der Waals surface area contributed by atoms with Crippen molar-refractivity contribution in [1.82, 2.24) is 25.1 Å². The Kier molecular flexibility index (Phi) is 11.5. The third kappa shape index (κ3) is 10.4. The van der Waals surface area contributed by atoms with E-state index in [0.29, 0.717) is 52.9 Å². The molecule has 252 valence electrons. The fourth-order valence-electron chi connectivity index (χ4n) is 5.84. The summed E-state index contributed by atoms with van der Waals surface area (Å²) in [6, 6.07) is 13.2. The lowest BCUT2D eigenvalue weighted by Gasteiger charge is -2.32. The number of rotatable bonds is 8. The zero-order valence-corrected chi connectivity index (χ0v) is 29.1. The molecule has 0 aliphatic carbocycles. The summed E-state index contributed by atoms with van der Waals surface area (Å²) in [5.41, 5.74) is 2.05. The van der Waals surface area contributed by atoms with Gasteiger partial charge in [0.25, 0.3) is 0 Å². The minimum Gasteiger partial charge on any atom is -0.444 e. The highest BCUT2D eigenvalue weighted by Crippen LogP contribution is 2.31. The summed E-state index contributed by atoms with van der Waals surface area (Å²) >= 11 is 12.7. The van der Waals surface area contributed by atoms with Crippen LogP contribution in [0.3, 0.4) is 0 Å². The van der Waals surface area contributed by atoms with E-state index < -0.39 is 5.60 Å². The Hall–Kier alpha value is -3.60. The molecule has 0 spiro atoms. The molecular formula is C35H44Cl2N6O4. The molecule has 2 fully saturated rings. The lowest BCUT2D eigenvalue weighted by Crippen LogP contribution is -2.39. The van der Waals surface area contributed by atoms with Gasteiger partial charge in [0.1, 0.15) is 17.2 Å². The molecule has 1 aromatic carbocycles. The number of nitrogens with zero attached hydrogens (tertiary/aromatic N) is 5. The monoisotopic (exact) mass is 682 g/mol. The van der Waals surface area contributed by atoms with Crippen molar-refractivity contribution < 1.29 is 19.1 Å². The summed E-state index contributed by atoms with van der Waals surface area (Å²) in [6.07, 6.45) is 4.30. The van der Waals surface area contributed by atoms with E-state index >= 15 is 0 Å². The number of halogens is 2. The van der Waals surface area contributed by atoms with Gasteiger partial charge in [-0.1, -0.05) is 23.2 Å². The largest absolute Gasteiger partial charge is 0.444 e. The molecule has 2 aliphatic heterocycles. The van der Waals surface area contributed by atoms with Gasteiger partial charge in [-0.2, -0.15) is 0 Å². The van der Waals surface area contributed by atoms with E-state index in [1.54, 1.807) is 24.1 Å². The van der Waals surface area contributed by atoms with Gasteiger partial charge in [-0.25, -0.2) is 14.8 Å². The fourth-order valence-corrected chi connectivity index (χ4v) is 6.37. The first-order chi connectivity index (χ1) is 22.4. The van der Waals surface area contributed by atoms with E-state index in [-0.39, 0.29) is 12.0 Å². The number of anilines is 1. The summed E-state index contributed by atoms with van der Waals surface area (Å²) in [5, 5.41) is 4.02. The number of aromatic nitrogens is 2. The number of likely N-dealkylation sites (tertiary alicyclic amines) is 1. The Morgan fingerprint density at radius 1 is 0.957 bits per heavy atom. The van der Waals surface area contributed by atoms with Gasteiger partial charge in [-0.3, -0.25) is 9.69 Å². The molecule has 2 saturated heterocycles. The third-order valence-corrected chi connectivity index (χ3v) is 8.62. The van der Waals surface area contributed by atoms with Crippen LogP contribution in [-0.2, 0) is 16.1 Å². The second kappa shape index (κ2) is 15.5. The van der Waals surface area contributed by atoms with Crippen LogP contribution in [0.25, 0.3) is 11.3 Å². The topological polar surface area (TPSA) is 100 Å². The lowest BCUT2D eigenvalue weighted by molar-refractivity contribution is -0.119. The molecule has 0 unspecified atom stereocenters. The highest BCUT2D eigenvalue weighted by atomic mass is 35.5. The highest BCUT2D eigenvalue weighted by molar-refractivity contribution is 6.35. The summed E-state index contributed by atoms with van der Waals surface area (Å²) in [6.45, 7) is 13.2. The molecule has 5 rings (SSSR count). The quantitative estimate of drug-likeness (QED) is 0.270. The summed E-state index contributed by atoms with van der Waals surface area (Å²) in [4.78, 5) is 39.8. The Labute approximate surface area is 287 Å². The van der Waals surface area contributed by atoms with Crippen LogP contribution in [0.4, 0.5) is 10.6 Å². The molecule has 3 aromatic rings. The van der Waals surface area contributed by atoms with Crippen molar-refractivity contribution in [2.45, 2.75) is 59.1 Å². The Morgan fingerprint density at radius 2 is 1.70 bits per heavy atom. The fraction of sp³-hybridized carbons (Fsp3) is 0.486. The number of carbonyl (C=O) groups excluding carboxylic acids is 2. The van der Waals surface area contributed by atoms with Gasteiger partial charge in [0.2, 0.25) is 11.8 Å². The number of amides is 2. The van der Waals surface area contributed by atoms with Crippen molar-refractivity contribution in [1.29, 1.82) is 0 Å². The zero-order chi connectivity index (χ0) is 33.6. The first kappa shape index (κ1) is 34.7. The van der Waals surface area contributed by atoms with E-state index in [9.17, 15) is 9.59 Å². The molecule has 47 heavy (non-hydrogen) atoms. The molecule has 0 atom stereocenters. The maximum Gasteiger partial charge on any atom is 0.410 e. The SMILES string of the molecule is CC(=O)NCC1CCN(Cc2cc(Oc3ccc(N4CCCN(C(=O)OC(C)(C)C)CC4)nc3)nc(-c3cc(Cl)cc(Cl)c3)c2)CC1. The number of hydrogen-bond acceptors (Lipinski definition) is 8. The molecule has 0 saturated carbocycles. The standard InChI is InChI=1S/C35H44Cl2N6O4/c1-24(44)38-21-25-8-12-41(13-9-25)23-26-16-31(27-18-28(36)20-29(37)19-27)40-33(17-26)46-30-6-7-32(39-22-30)42-10-5-11-43(15-14-42)34(45)47-35(2,3)4/h6-7,16-20,22,25H,5,8-15,21,23H2,1-4H3,(H,38,44). The second-order valence-electron chi connectivity index (χ2n) is 13.3. The van der Waals surface area contributed by atoms with Gasteiger partial charge >= 0.3 is 6.09 Å². The summed E-state index contributed by atoms with van der Waals surface area (Å²) in [5.74, 6) is 2.35. The molecular weight excluding hydrogens is 639 g/mol. The van der Waals surface area contributed by atoms with E-state index in [1.165, 1.54) is 0 Å². The third-order valence-electron chi connectivity index (χ3n) is 8.19. The molecule has 0 bridgehead atoms. The minimum atomic E-state index is -0.524. The van der Waals surface area contributed by atoms with Crippen molar-refractivity contribution in [2.24, 2.45) is 5.92 Å². The number of pyridine rings is 2. The van der Waals surface area contributed by atoms with Crippen LogP contribution in [0.1, 0.15) is 52.5 Å². The first-order valence-electron chi connectivity index (χ1n) is 16.2. The van der Waals surface area contributed by atoms with Crippen molar-refractivity contribution in [2.75, 3.05) is 50.7 Å². The molecule has 4 heterocycles. The average Bonchev–Trinajstić information content (AvgIpc) is 3.26. The number of piperidine rings is 1. The van der Waals surface area contributed by atoms with E-state index in [4.69, 9.17) is 42.6 Å². The normalized spacial score (nSPS) is 16.5. The molecule has 0 radical (unpaired) electrons. The Morgan fingerprint density at radius 3 is 2.36 bits per heavy atom. The molecule has 2 aliphatic rings. The lowest BCUT2D eigenvalue weighted by atomic mass is 9.96. The van der Waals surface area contributed by atoms with Crippen molar-refractivity contribution >= 4 is 41.0 Å². The predicted molar refractivity (Wildman–Crippen MR) is 185 cm³/mol. The summed E-state index contributed by atoms with van der Waals surface area (Å²) < 4.78 is 11.8. The molecule has 1 N–H and O–H groups in total. The van der Waals surface area contributed by atoms with Crippen LogP contribution in [-0.4, -0.2) is 83.2 Å². The van der Waals surface area contributed by atoms with E-state index in [1.807, 2.05) is 51.1 Å². The van der Waals surface area contributed by atoms with Crippen LogP contribution >= 0.6 is 23.2 Å². The number of ether oxygens (including phenoxy) is 2. The first-order valence-corrected chi connectivity index (χ1v) is 17.0. The van der Waals surface area contributed by atoms with Gasteiger partial charge in [0.15, 0.2) is 0 Å². The molecule has 2 amide bonds. The zero-order valence-electron chi connectivity index (χ0n) is 27.6. The van der Waals surface area contributed by atoms with Crippen molar-refractivity contribution in [3.05, 3.63) is 64.3 Å². The predicted octanol–water partition coefficient (Wildman–Crippen LogP) is 7.04. The second-order valence-corrected chi connectivity index (χ2v) is 14.1. The maximum absolute atomic E-state index is 12.6.